The number of benzene rings is 1. The average molecular weight is 335 g/mol. The standard InChI is InChI=1S/C11H13F2NO.C4H7NO.ClH/c1-11(10(12)13)6-8(14)7-4-2-3-5-9(7)15-11;5-4(6)3-1-2-3;/h2-5,8,10H,6,14H2,1H3;3H,1-2H2,(H2,5,6);1H/t8-,11-;;/m1../s1. The van der Waals surface area contributed by atoms with Crippen LogP contribution in [0.25, 0.3) is 0 Å². The highest BCUT2D eigenvalue weighted by atomic mass is 35.5. The van der Waals surface area contributed by atoms with Gasteiger partial charge in [-0.05, 0) is 25.8 Å². The van der Waals surface area contributed by atoms with Crippen LogP contribution in [0.1, 0.15) is 37.8 Å². The summed E-state index contributed by atoms with van der Waals surface area (Å²) in [6.45, 7) is 1.40. The molecule has 0 aromatic heterocycles. The van der Waals surface area contributed by atoms with Gasteiger partial charge in [0.2, 0.25) is 5.91 Å². The van der Waals surface area contributed by atoms with E-state index < -0.39 is 12.0 Å². The Morgan fingerprint density at radius 2 is 1.95 bits per heavy atom. The Hall–Kier alpha value is -1.40. The quantitative estimate of drug-likeness (QED) is 0.873. The van der Waals surface area contributed by atoms with Gasteiger partial charge in [0.1, 0.15) is 5.75 Å². The van der Waals surface area contributed by atoms with Gasteiger partial charge in [-0.3, -0.25) is 4.79 Å². The molecular formula is C15H21ClF2N2O2. The molecule has 1 saturated carbocycles. The Bertz CT molecular complexity index is 526. The van der Waals surface area contributed by atoms with Crippen molar-refractivity contribution in [2.45, 2.75) is 44.3 Å². The highest BCUT2D eigenvalue weighted by molar-refractivity contribution is 5.85. The second-order valence-electron chi connectivity index (χ2n) is 5.74. The maximum absolute atomic E-state index is 12.8. The number of alkyl halides is 2. The van der Waals surface area contributed by atoms with Crippen molar-refractivity contribution in [3.8, 4) is 5.75 Å². The first-order valence-electron chi connectivity index (χ1n) is 6.94. The molecule has 1 fully saturated rings. The van der Waals surface area contributed by atoms with Crippen LogP contribution in [-0.2, 0) is 4.79 Å². The van der Waals surface area contributed by atoms with Crippen molar-refractivity contribution in [2.24, 2.45) is 17.4 Å². The van der Waals surface area contributed by atoms with Gasteiger partial charge in [0.05, 0.1) is 0 Å². The molecule has 4 nitrogen and oxygen atoms in total. The average Bonchev–Trinajstić information content (AvgIpc) is 3.23. The third kappa shape index (κ3) is 4.30. The molecule has 3 rings (SSSR count). The summed E-state index contributed by atoms with van der Waals surface area (Å²) in [5.74, 6) is 0.582. The number of hydrogen-bond donors (Lipinski definition) is 2. The smallest absolute Gasteiger partial charge is 0.277 e. The van der Waals surface area contributed by atoms with Gasteiger partial charge < -0.3 is 16.2 Å². The van der Waals surface area contributed by atoms with Crippen molar-refractivity contribution >= 4 is 18.3 Å². The number of primary amides is 1. The number of amides is 1. The molecule has 0 unspecified atom stereocenters. The van der Waals surface area contributed by atoms with E-state index in [1.807, 2.05) is 12.1 Å². The van der Waals surface area contributed by atoms with Gasteiger partial charge in [0, 0.05) is 23.9 Å². The van der Waals surface area contributed by atoms with Crippen molar-refractivity contribution < 1.29 is 18.3 Å². The SMILES string of the molecule is C[C@]1(C(F)F)C[C@@H](N)c2ccccc2O1.Cl.NC(=O)C1CC1. The summed E-state index contributed by atoms with van der Waals surface area (Å²) in [5.41, 5.74) is 10.0. The molecule has 1 heterocycles. The van der Waals surface area contributed by atoms with Gasteiger partial charge in [-0.1, -0.05) is 18.2 Å². The summed E-state index contributed by atoms with van der Waals surface area (Å²) in [5, 5.41) is 0. The molecule has 1 aliphatic carbocycles. The molecule has 1 aliphatic heterocycles. The number of carbonyl (C=O) groups excluding carboxylic acids is 1. The predicted molar refractivity (Wildman–Crippen MR) is 82.2 cm³/mol. The largest absolute Gasteiger partial charge is 0.481 e. The second kappa shape index (κ2) is 7.24. The lowest BCUT2D eigenvalue weighted by Crippen LogP contribution is -2.46. The zero-order valence-corrected chi connectivity index (χ0v) is 13.1. The fraction of sp³-hybridized carbons (Fsp3) is 0.533. The Morgan fingerprint density at radius 3 is 2.41 bits per heavy atom. The van der Waals surface area contributed by atoms with Crippen molar-refractivity contribution in [3.63, 3.8) is 0 Å². The van der Waals surface area contributed by atoms with Gasteiger partial charge >= 0.3 is 0 Å². The number of fused-ring (bicyclic) bond motifs is 1. The zero-order chi connectivity index (χ0) is 15.6. The molecule has 1 amide bonds. The second-order valence-corrected chi connectivity index (χ2v) is 5.74. The van der Waals surface area contributed by atoms with Crippen LogP contribution < -0.4 is 16.2 Å². The van der Waals surface area contributed by atoms with Gasteiger partial charge in [0.25, 0.3) is 6.43 Å². The lowest BCUT2D eigenvalue weighted by Gasteiger charge is -2.37. The Kier molecular flexibility index (Phi) is 6.14. The van der Waals surface area contributed by atoms with Crippen LogP contribution in [0.15, 0.2) is 24.3 Å². The minimum absolute atomic E-state index is 0. The van der Waals surface area contributed by atoms with E-state index in [0.717, 1.165) is 18.4 Å². The molecule has 7 heteroatoms. The van der Waals surface area contributed by atoms with E-state index in [-0.39, 0.29) is 36.7 Å². The van der Waals surface area contributed by atoms with Crippen LogP contribution in [0.2, 0.25) is 0 Å². The molecule has 0 radical (unpaired) electrons. The lowest BCUT2D eigenvalue weighted by atomic mass is 9.89. The summed E-state index contributed by atoms with van der Waals surface area (Å²) in [4.78, 5) is 9.98. The van der Waals surface area contributed by atoms with Gasteiger partial charge in [-0.15, -0.1) is 12.4 Å². The van der Waals surface area contributed by atoms with E-state index in [0.29, 0.717) is 5.75 Å². The van der Waals surface area contributed by atoms with E-state index in [1.165, 1.54) is 6.92 Å². The lowest BCUT2D eigenvalue weighted by molar-refractivity contribution is -0.119. The van der Waals surface area contributed by atoms with E-state index in [4.69, 9.17) is 16.2 Å². The number of para-hydroxylation sites is 1. The number of rotatable bonds is 2. The molecule has 2 atom stereocenters. The molecule has 124 valence electrons. The first kappa shape index (κ1) is 18.6. The van der Waals surface area contributed by atoms with Crippen molar-refractivity contribution in [2.75, 3.05) is 0 Å². The maximum atomic E-state index is 12.8. The van der Waals surface area contributed by atoms with E-state index >= 15 is 0 Å². The number of ether oxygens (including phenoxy) is 1. The molecule has 22 heavy (non-hydrogen) atoms. The van der Waals surface area contributed by atoms with E-state index in [2.05, 4.69) is 0 Å². The van der Waals surface area contributed by atoms with Crippen LogP contribution in [0.4, 0.5) is 8.78 Å². The molecule has 2 aliphatic rings. The van der Waals surface area contributed by atoms with Crippen LogP contribution in [0.5, 0.6) is 5.75 Å². The predicted octanol–water partition coefficient (Wildman–Crippen LogP) is 2.80. The van der Waals surface area contributed by atoms with Gasteiger partial charge in [-0.2, -0.15) is 0 Å². The summed E-state index contributed by atoms with van der Waals surface area (Å²) >= 11 is 0. The topological polar surface area (TPSA) is 78.3 Å². The normalized spacial score (nSPS) is 26.0. The molecule has 0 saturated heterocycles. The summed E-state index contributed by atoms with van der Waals surface area (Å²) < 4.78 is 30.9. The summed E-state index contributed by atoms with van der Waals surface area (Å²) in [6.07, 6.45) is -0.344. The Labute approximate surface area is 134 Å². The summed E-state index contributed by atoms with van der Waals surface area (Å²) in [7, 11) is 0. The number of hydrogen-bond acceptors (Lipinski definition) is 3. The number of nitrogens with two attached hydrogens (primary N) is 2. The highest BCUT2D eigenvalue weighted by Gasteiger charge is 2.43. The summed E-state index contributed by atoms with van der Waals surface area (Å²) in [6, 6.07) is 6.68. The fourth-order valence-corrected chi connectivity index (χ4v) is 2.22. The number of halogens is 3. The molecule has 1 aromatic rings. The highest BCUT2D eigenvalue weighted by Crippen LogP contribution is 2.40. The first-order chi connectivity index (χ1) is 9.83. The third-order valence-corrected chi connectivity index (χ3v) is 3.73. The van der Waals surface area contributed by atoms with Gasteiger partial charge in [0.15, 0.2) is 5.60 Å². The minimum Gasteiger partial charge on any atom is -0.481 e. The minimum atomic E-state index is -2.53. The molecular weight excluding hydrogens is 314 g/mol. The van der Waals surface area contributed by atoms with Crippen molar-refractivity contribution in [1.82, 2.24) is 0 Å². The fourth-order valence-electron chi connectivity index (χ4n) is 2.22. The van der Waals surface area contributed by atoms with E-state index in [9.17, 15) is 13.6 Å². The van der Waals surface area contributed by atoms with Crippen LogP contribution >= 0.6 is 12.4 Å². The third-order valence-electron chi connectivity index (χ3n) is 3.73. The Balaban J connectivity index is 0.000000293. The van der Waals surface area contributed by atoms with Crippen LogP contribution in [-0.4, -0.2) is 17.9 Å². The molecule has 0 bridgehead atoms. The van der Waals surface area contributed by atoms with Crippen molar-refractivity contribution in [1.29, 1.82) is 0 Å². The van der Waals surface area contributed by atoms with Crippen LogP contribution in [0, 0.1) is 5.92 Å². The Morgan fingerprint density at radius 1 is 1.36 bits per heavy atom. The monoisotopic (exact) mass is 334 g/mol. The van der Waals surface area contributed by atoms with Crippen molar-refractivity contribution in [3.05, 3.63) is 29.8 Å². The van der Waals surface area contributed by atoms with Gasteiger partial charge in [-0.25, -0.2) is 8.78 Å². The molecule has 4 N–H and O–H groups in total. The maximum Gasteiger partial charge on any atom is 0.277 e. The van der Waals surface area contributed by atoms with Crippen LogP contribution in [0.3, 0.4) is 0 Å². The number of carbonyl (C=O) groups is 1. The molecule has 0 spiro atoms. The molecule has 1 aromatic carbocycles. The zero-order valence-electron chi connectivity index (χ0n) is 12.3. The van der Waals surface area contributed by atoms with E-state index in [1.54, 1.807) is 12.1 Å². The first-order valence-corrected chi connectivity index (χ1v) is 6.94.